The van der Waals surface area contributed by atoms with E-state index in [1.807, 2.05) is 0 Å². The molecule has 0 spiro atoms. The topological polar surface area (TPSA) is 105 Å². The van der Waals surface area contributed by atoms with Crippen LogP contribution in [0.2, 0.25) is 0 Å². The van der Waals surface area contributed by atoms with Crippen molar-refractivity contribution in [3.05, 3.63) is 0 Å². The minimum atomic E-state index is -4.29. The average Bonchev–Trinajstić information content (AvgIpc) is 2.13. The van der Waals surface area contributed by atoms with Gasteiger partial charge in [0.2, 0.25) is 0 Å². The Labute approximate surface area is 84.6 Å². The summed E-state index contributed by atoms with van der Waals surface area (Å²) >= 11 is 0. The minimum absolute atomic E-state index is 0.913. The Balaban J connectivity index is 4.11. The first kappa shape index (κ1) is 14.0. The average molecular weight is 248 g/mol. The Kier molecular flexibility index (Phi) is 5.39. The second-order valence-corrected chi connectivity index (χ2v) is 3.85. The van der Waals surface area contributed by atoms with E-state index in [9.17, 15) is 22.0 Å². The third-order valence-corrected chi connectivity index (χ3v) is 2.16. The maximum atomic E-state index is 11.7. The number of hydrogen-bond acceptors (Lipinski definition) is 5. The molecule has 0 aliphatic heterocycles. The molecular formula is C5H10F2N2O5S. The molecule has 0 bridgehead atoms. The third kappa shape index (κ3) is 6.14. The first-order valence-electron chi connectivity index (χ1n) is 3.60. The second-order valence-electron chi connectivity index (χ2n) is 2.35. The van der Waals surface area contributed by atoms with Crippen molar-refractivity contribution in [2.75, 3.05) is 13.7 Å². The molecule has 1 unspecified atom stereocenters. The Bertz CT molecular complexity index is 307. The monoisotopic (exact) mass is 248 g/mol. The highest BCUT2D eigenvalue weighted by molar-refractivity contribution is 7.88. The van der Waals surface area contributed by atoms with Crippen LogP contribution in [0, 0.1) is 0 Å². The predicted molar refractivity (Wildman–Crippen MR) is 44.5 cm³/mol. The molecule has 90 valence electrons. The van der Waals surface area contributed by atoms with E-state index in [4.69, 9.17) is 5.11 Å². The van der Waals surface area contributed by atoms with Gasteiger partial charge >= 0.3 is 16.3 Å². The number of amides is 1. The van der Waals surface area contributed by atoms with Crippen molar-refractivity contribution in [1.29, 1.82) is 0 Å². The zero-order chi connectivity index (χ0) is 12.1. The lowest BCUT2D eigenvalue weighted by Gasteiger charge is -2.11. The molecule has 1 amide bonds. The number of ether oxygens (including phenoxy) is 1. The van der Waals surface area contributed by atoms with Crippen LogP contribution in [0.4, 0.5) is 13.6 Å². The summed E-state index contributed by atoms with van der Waals surface area (Å²) in [5, 5.41) is 8.56. The van der Waals surface area contributed by atoms with E-state index in [0.29, 0.717) is 0 Å². The number of aliphatic hydroxyl groups is 1. The Morgan fingerprint density at radius 1 is 1.53 bits per heavy atom. The summed E-state index contributed by atoms with van der Waals surface area (Å²) < 4.78 is 52.0. The number of rotatable bonds is 5. The molecule has 0 aromatic heterocycles. The quantitative estimate of drug-likeness (QED) is 0.567. The van der Waals surface area contributed by atoms with Gasteiger partial charge in [-0.1, -0.05) is 0 Å². The van der Waals surface area contributed by atoms with Crippen LogP contribution in [-0.4, -0.2) is 45.8 Å². The first-order valence-corrected chi connectivity index (χ1v) is 5.08. The van der Waals surface area contributed by atoms with Crippen molar-refractivity contribution in [3.8, 4) is 0 Å². The largest absolute Gasteiger partial charge is 0.452 e. The molecule has 0 heterocycles. The highest BCUT2D eigenvalue weighted by atomic mass is 32.2. The molecule has 0 rings (SSSR count). The van der Waals surface area contributed by atoms with Crippen molar-refractivity contribution >= 4 is 16.3 Å². The van der Waals surface area contributed by atoms with E-state index < -0.39 is 35.4 Å². The van der Waals surface area contributed by atoms with Gasteiger partial charge in [0.1, 0.15) is 6.10 Å². The van der Waals surface area contributed by atoms with Crippen LogP contribution < -0.4 is 9.44 Å². The third-order valence-electron chi connectivity index (χ3n) is 1.18. The van der Waals surface area contributed by atoms with Gasteiger partial charge in [-0.3, -0.25) is 0 Å². The molecule has 7 nitrogen and oxygen atoms in total. The van der Waals surface area contributed by atoms with Gasteiger partial charge in [0, 0.05) is 6.54 Å². The van der Waals surface area contributed by atoms with E-state index in [-0.39, 0.29) is 0 Å². The number of aliphatic hydroxyl groups excluding tert-OH is 1. The number of carbonyl (C=O) groups is 1. The highest BCUT2D eigenvalue weighted by Gasteiger charge is 2.21. The Hall–Kier alpha value is -1.00. The maximum absolute atomic E-state index is 11.7. The first-order chi connectivity index (χ1) is 6.78. The Morgan fingerprint density at radius 2 is 2.07 bits per heavy atom. The number of methoxy groups -OCH3 is 1. The summed E-state index contributed by atoms with van der Waals surface area (Å²) in [6, 6.07) is 0. The standard InChI is InChI=1S/C5H10F2N2O5S/c1-14-5(11)9-15(12,13)8-2-3(10)4(6)7/h3-4,8,10H,2H2,1H3,(H,9,11). The molecule has 0 saturated heterocycles. The maximum Gasteiger partial charge on any atom is 0.421 e. The van der Waals surface area contributed by atoms with Crippen LogP contribution in [0.3, 0.4) is 0 Å². The lowest BCUT2D eigenvalue weighted by atomic mass is 10.4. The summed E-state index contributed by atoms with van der Waals surface area (Å²) in [6.07, 6.45) is -6.49. The fourth-order valence-electron chi connectivity index (χ4n) is 0.472. The van der Waals surface area contributed by atoms with Crippen molar-refractivity contribution in [2.45, 2.75) is 12.5 Å². The second kappa shape index (κ2) is 5.78. The van der Waals surface area contributed by atoms with E-state index in [1.54, 1.807) is 0 Å². The van der Waals surface area contributed by atoms with Gasteiger partial charge in [-0.15, -0.1) is 0 Å². The van der Waals surface area contributed by atoms with Crippen molar-refractivity contribution in [1.82, 2.24) is 9.44 Å². The summed E-state index contributed by atoms with van der Waals surface area (Å²) in [4.78, 5) is 10.4. The fraction of sp³-hybridized carbons (Fsp3) is 0.800. The molecule has 15 heavy (non-hydrogen) atoms. The molecule has 0 saturated carbocycles. The van der Waals surface area contributed by atoms with Gasteiger partial charge in [-0.05, 0) is 0 Å². The SMILES string of the molecule is COC(=O)NS(=O)(=O)NCC(O)C(F)F. The summed E-state index contributed by atoms with van der Waals surface area (Å²) in [7, 11) is -3.36. The highest BCUT2D eigenvalue weighted by Crippen LogP contribution is 1.98. The molecule has 0 aliphatic rings. The van der Waals surface area contributed by atoms with Gasteiger partial charge in [-0.2, -0.15) is 13.1 Å². The molecule has 0 aromatic rings. The van der Waals surface area contributed by atoms with Crippen LogP contribution >= 0.6 is 0 Å². The van der Waals surface area contributed by atoms with E-state index in [2.05, 4.69) is 4.74 Å². The van der Waals surface area contributed by atoms with Crippen LogP contribution in [0.5, 0.6) is 0 Å². The predicted octanol–water partition coefficient (Wildman–Crippen LogP) is -1.20. The summed E-state index contributed by atoms with van der Waals surface area (Å²) in [5.41, 5.74) is 0. The number of halogens is 2. The number of carbonyl (C=O) groups excluding carboxylic acids is 1. The number of nitrogens with one attached hydrogen (secondary N) is 2. The van der Waals surface area contributed by atoms with Crippen LogP contribution in [-0.2, 0) is 14.9 Å². The smallest absolute Gasteiger partial charge is 0.421 e. The van der Waals surface area contributed by atoms with Gasteiger partial charge in [-0.25, -0.2) is 18.3 Å². The molecule has 0 fully saturated rings. The molecular weight excluding hydrogens is 238 g/mol. The number of alkyl halides is 2. The molecule has 0 aliphatic carbocycles. The zero-order valence-electron chi connectivity index (χ0n) is 7.61. The van der Waals surface area contributed by atoms with Crippen molar-refractivity contribution < 1.29 is 31.8 Å². The normalized spacial score (nSPS) is 13.7. The summed E-state index contributed by atoms with van der Waals surface area (Å²) in [5.74, 6) is 0. The van der Waals surface area contributed by atoms with E-state index >= 15 is 0 Å². The van der Waals surface area contributed by atoms with Gasteiger partial charge in [0.15, 0.2) is 0 Å². The van der Waals surface area contributed by atoms with Crippen LogP contribution in [0.1, 0.15) is 0 Å². The van der Waals surface area contributed by atoms with Crippen molar-refractivity contribution in [3.63, 3.8) is 0 Å². The molecule has 1 atom stereocenters. The fourth-order valence-corrected chi connectivity index (χ4v) is 1.24. The van der Waals surface area contributed by atoms with Crippen LogP contribution in [0.25, 0.3) is 0 Å². The van der Waals surface area contributed by atoms with Crippen molar-refractivity contribution in [2.24, 2.45) is 0 Å². The van der Waals surface area contributed by atoms with Crippen LogP contribution in [0.15, 0.2) is 0 Å². The van der Waals surface area contributed by atoms with E-state index in [0.717, 1.165) is 7.11 Å². The van der Waals surface area contributed by atoms with Gasteiger partial charge in [0.05, 0.1) is 7.11 Å². The lowest BCUT2D eigenvalue weighted by molar-refractivity contribution is -0.000481. The van der Waals surface area contributed by atoms with E-state index in [1.165, 1.54) is 9.44 Å². The summed E-state index contributed by atoms with van der Waals surface area (Å²) in [6.45, 7) is -0.913. The lowest BCUT2D eigenvalue weighted by Crippen LogP contribution is -2.44. The molecule has 10 heteroatoms. The minimum Gasteiger partial charge on any atom is -0.452 e. The molecule has 0 aromatic carbocycles. The Morgan fingerprint density at radius 3 is 2.47 bits per heavy atom. The zero-order valence-corrected chi connectivity index (χ0v) is 8.42. The number of hydrogen-bond donors (Lipinski definition) is 3. The molecule has 3 N–H and O–H groups in total. The van der Waals surface area contributed by atoms with Gasteiger partial charge < -0.3 is 9.84 Å². The molecule has 0 radical (unpaired) electrons. The van der Waals surface area contributed by atoms with Gasteiger partial charge in [0.25, 0.3) is 6.43 Å².